The minimum Gasteiger partial charge on any atom is -0.373 e. The number of nitrogens with zero attached hydrogens (tertiary/aromatic N) is 2. The van der Waals surface area contributed by atoms with Gasteiger partial charge in [0.25, 0.3) is 0 Å². The fourth-order valence-electron chi connectivity index (χ4n) is 2.80. The van der Waals surface area contributed by atoms with E-state index in [9.17, 15) is 0 Å². The average Bonchev–Trinajstić information content (AvgIpc) is 2.65. The molecule has 1 heterocycles. The van der Waals surface area contributed by atoms with Crippen molar-refractivity contribution in [2.45, 2.75) is 57.6 Å². The van der Waals surface area contributed by atoms with Crippen LogP contribution >= 0.6 is 0 Å². The molecule has 1 aliphatic carbocycles. The second-order valence-electron chi connectivity index (χ2n) is 5.23. The Labute approximate surface area is 116 Å². The lowest BCUT2D eigenvalue weighted by Gasteiger charge is -2.18. The largest absolute Gasteiger partial charge is 0.373 e. The molecule has 2 unspecified atom stereocenters. The van der Waals surface area contributed by atoms with Crippen molar-refractivity contribution in [3.63, 3.8) is 0 Å². The summed E-state index contributed by atoms with van der Waals surface area (Å²) < 4.78 is 5.51. The number of aromatic nitrogens is 2. The molecule has 4 nitrogen and oxygen atoms in total. The van der Waals surface area contributed by atoms with E-state index in [0.29, 0.717) is 6.04 Å². The summed E-state index contributed by atoms with van der Waals surface area (Å²) in [6.45, 7) is 2.16. The Kier molecular flexibility index (Phi) is 5.28. The lowest BCUT2D eigenvalue weighted by atomic mass is 10.0. The molecule has 2 atom stereocenters. The van der Waals surface area contributed by atoms with Crippen LogP contribution in [0.4, 0.5) is 0 Å². The maximum Gasteiger partial charge on any atom is 0.157 e. The molecule has 0 spiro atoms. The van der Waals surface area contributed by atoms with Gasteiger partial charge in [0, 0.05) is 30.6 Å². The van der Waals surface area contributed by atoms with E-state index in [0.717, 1.165) is 25.1 Å². The first-order valence-corrected chi connectivity index (χ1v) is 7.35. The Morgan fingerprint density at radius 3 is 3.00 bits per heavy atom. The number of hydrogen-bond acceptors (Lipinski definition) is 4. The number of ether oxygens (including phenoxy) is 1. The van der Waals surface area contributed by atoms with Gasteiger partial charge < -0.3 is 10.1 Å². The predicted octanol–water partition coefficient (Wildman–Crippen LogP) is 2.95. The number of rotatable bonds is 5. The normalized spacial score (nSPS) is 20.7. The Hall–Kier alpha value is -1.00. The van der Waals surface area contributed by atoms with Crippen LogP contribution in [-0.2, 0) is 11.2 Å². The summed E-state index contributed by atoms with van der Waals surface area (Å²) in [6, 6.07) is 0.402. The molecule has 19 heavy (non-hydrogen) atoms. The molecule has 1 aromatic heterocycles. The molecule has 4 heteroatoms. The monoisotopic (exact) mass is 263 g/mol. The van der Waals surface area contributed by atoms with Gasteiger partial charge >= 0.3 is 0 Å². The van der Waals surface area contributed by atoms with Crippen LogP contribution in [0.25, 0.3) is 0 Å². The van der Waals surface area contributed by atoms with E-state index in [1.165, 1.54) is 30.5 Å². The summed E-state index contributed by atoms with van der Waals surface area (Å²) in [6.07, 6.45) is 8.80. The molecule has 0 saturated carbocycles. The molecule has 0 aromatic carbocycles. The minimum atomic E-state index is 0.0339. The van der Waals surface area contributed by atoms with Gasteiger partial charge in [-0.25, -0.2) is 9.97 Å². The molecule has 0 aliphatic heterocycles. The predicted molar refractivity (Wildman–Crippen MR) is 76.0 cm³/mol. The minimum absolute atomic E-state index is 0.0339. The zero-order valence-corrected chi connectivity index (χ0v) is 12.3. The van der Waals surface area contributed by atoms with Crippen molar-refractivity contribution in [3.05, 3.63) is 23.3 Å². The summed E-state index contributed by atoms with van der Waals surface area (Å²) in [4.78, 5) is 9.33. The molecule has 1 aromatic rings. The molecule has 1 N–H and O–H groups in total. The van der Waals surface area contributed by atoms with Crippen molar-refractivity contribution in [1.82, 2.24) is 15.3 Å². The van der Waals surface area contributed by atoms with Crippen LogP contribution in [0.2, 0.25) is 0 Å². The molecular formula is C15H25N3O. The van der Waals surface area contributed by atoms with Crippen molar-refractivity contribution in [1.29, 1.82) is 0 Å². The highest BCUT2D eigenvalue weighted by molar-refractivity contribution is 5.23. The molecule has 0 saturated heterocycles. The standard InChI is InChI=1S/C15H25N3O/c1-4-7-14(19-3)15-17-10-11-12(16-2)8-5-6-9-13(11)18-15/h10,12,14,16H,4-9H2,1-3H3. The van der Waals surface area contributed by atoms with Gasteiger partial charge in [0.1, 0.15) is 6.10 Å². The molecular weight excluding hydrogens is 238 g/mol. The molecule has 106 valence electrons. The van der Waals surface area contributed by atoms with Gasteiger partial charge in [0.2, 0.25) is 0 Å². The zero-order chi connectivity index (χ0) is 13.7. The van der Waals surface area contributed by atoms with Crippen molar-refractivity contribution in [2.75, 3.05) is 14.2 Å². The topological polar surface area (TPSA) is 47.0 Å². The summed E-state index contributed by atoms with van der Waals surface area (Å²) in [5, 5.41) is 3.38. The second kappa shape index (κ2) is 6.96. The van der Waals surface area contributed by atoms with E-state index >= 15 is 0 Å². The van der Waals surface area contributed by atoms with E-state index in [2.05, 4.69) is 17.2 Å². The fourth-order valence-corrected chi connectivity index (χ4v) is 2.80. The van der Waals surface area contributed by atoms with E-state index in [4.69, 9.17) is 9.72 Å². The zero-order valence-electron chi connectivity index (χ0n) is 12.3. The van der Waals surface area contributed by atoms with Gasteiger partial charge in [0.05, 0.1) is 0 Å². The van der Waals surface area contributed by atoms with Crippen LogP contribution in [0.1, 0.15) is 68.3 Å². The van der Waals surface area contributed by atoms with Gasteiger partial charge in [-0.1, -0.05) is 19.8 Å². The smallest absolute Gasteiger partial charge is 0.157 e. The third-order valence-corrected chi connectivity index (χ3v) is 3.92. The molecule has 0 bridgehead atoms. The highest BCUT2D eigenvalue weighted by Gasteiger charge is 2.21. The second-order valence-corrected chi connectivity index (χ2v) is 5.23. The number of aryl methyl sites for hydroxylation is 1. The van der Waals surface area contributed by atoms with Crippen molar-refractivity contribution in [2.24, 2.45) is 0 Å². The summed E-state index contributed by atoms with van der Waals surface area (Å²) in [5.74, 6) is 0.847. The quantitative estimate of drug-likeness (QED) is 0.830. The van der Waals surface area contributed by atoms with E-state index in [1.54, 1.807) is 7.11 Å². The summed E-state index contributed by atoms with van der Waals surface area (Å²) in [5.41, 5.74) is 2.48. The first kappa shape index (κ1) is 14.4. The Bertz CT molecular complexity index is 408. The third kappa shape index (κ3) is 3.31. The van der Waals surface area contributed by atoms with Crippen LogP contribution < -0.4 is 5.32 Å². The molecule has 0 amide bonds. The lowest BCUT2D eigenvalue weighted by molar-refractivity contribution is 0.0873. The van der Waals surface area contributed by atoms with E-state index < -0.39 is 0 Å². The van der Waals surface area contributed by atoms with E-state index in [1.807, 2.05) is 13.2 Å². The highest BCUT2D eigenvalue weighted by Crippen LogP contribution is 2.28. The van der Waals surface area contributed by atoms with Gasteiger partial charge in [-0.15, -0.1) is 0 Å². The van der Waals surface area contributed by atoms with Crippen molar-refractivity contribution >= 4 is 0 Å². The van der Waals surface area contributed by atoms with Gasteiger partial charge in [-0.2, -0.15) is 0 Å². The average molecular weight is 263 g/mol. The van der Waals surface area contributed by atoms with Gasteiger partial charge in [-0.05, 0) is 32.7 Å². The first-order chi connectivity index (χ1) is 9.30. The van der Waals surface area contributed by atoms with Crippen molar-refractivity contribution < 1.29 is 4.74 Å². The van der Waals surface area contributed by atoms with Crippen LogP contribution in [0, 0.1) is 0 Å². The third-order valence-electron chi connectivity index (χ3n) is 3.92. The maximum absolute atomic E-state index is 5.51. The molecule has 0 fully saturated rings. The summed E-state index contributed by atoms with van der Waals surface area (Å²) >= 11 is 0. The van der Waals surface area contributed by atoms with Crippen LogP contribution in [0.3, 0.4) is 0 Å². The molecule has 2 rings (SSSR count). The molecule has 1 aliphatic rings. The maximum atomic E-state index is 5.51. The highest BCUT2D eigenvalue weighted by atomic mass is 16.5. The Balaban J connectivity index is 2.28. The molecule has 0 radical (unpaired) electrons. The van der Waals surface area contributed by atoms with Gasteiger partial charge in [-0.3, -0.25) is 0 Å². The van der Waals surface area contributed by atoms with Crippen LogP contribution in [-0.4, -0.2) is 24.1 Å². The number of nitrogens with one attached hydrogen (secondary N) is 1. The summed E-state index contributed by atoms with van der Waals surface area (Å²) in [7, 11) is 3.76. The first-order valence-electron chi connectivity index (χ1n) is 7.35. The number of fused-ring (bicyclic) bond motifs is 1. The number of hydrogen-bond donors (Lipinski definition) is 1. The van der Waals surface area contributed by atoms with Gasteiger partial charge in [0.15, 0.2) is 5.82 Å². The van der Waals surface area contributed by atoms with Crippen LogP contribution in [0.15, 0.2) is 6.20 Å². The Morgan fingerprint density at radius 2 is 2.32 bits per heavy atom. The lowest BCUT2D eigenvalue weighted by Crippen LogP contribution is -2.18. The number of methoxy groups -OCH3 is 1. The van der Waals surface area contributed by atoms with Crippen molar-refractivity contribution in [3.8, 4) is 0 Å². The fraction of sp³-hybridized carbons (Fsp3) is 0.733. The van der Waals surface area contributed by atoms with Crippen LogP contribution in [0.5, 0.6) is 0 Å². The Morgan fingerprint density at radius 1 is 1.47 bits per heavy atom. The van der Waals surface area contributed by atoms with E-state index in [-0.39, 0.29) is 6.10 Å². The SMILES string of the molecule is CCCC(OC)c1ncc2c(n1)CCCCC2NC.